The van der Waals surface area contributed by atoms with Gasteiger partial charge in [-0.05, 0) is 59.2 Å². The SMILES string of the molecule is CC(C)SNc1ccccc1C1CC(C)(C)c2cc(C#N)ccc2N1. The van der Waals surface area contributed by atoms with Crippen LogP contribution in [0.4, 0.5) is 11.4 Å². The summed E-state index contributed by atoms with van der Waals surface area (Å²) < 4.78 is 3.51. The van der Waals surface area contributed by atoms with Crippen molar-refractivity contribution in [1.82, 2.24) is 0 Å². The molecule has 1 heterocycles. The maximum atomic E-state index is 9.20. The van der Waals surface area contributed by atoms with E-state index in [2.05, 4.69) is 68.1 Å². The van der Waals surface area contributed by atoms with Crippen LogP contribution in [-0.2, 0) is 5.41 Å². The fourth-order valence-corrected chi connectivity index (χ4v) is 3.97. The molecule has 1 aliphatic heterocycles. The molecular weight excluding hydrogens is 326 g/mol. The number of benzene rings is 2. The Hall–Kier alpha value is -2.12. The second kappa shape index (κ2) is 7.01. The lowest BCUT2D eigenvalue weighted by Gasteiger charge is -2.39. The molecule has 1 unspecified atom stereocenters. The van der Waals surface area contributed by atoms with Gasteiger partial charge >= 0.3 is 0 Å². The van der Waals surface area contributed by atoms with Crippen LogP contribution in [0, 0.1) is 11.3 Å². The predicted molar refractivity (Wildman–Crippen MR) is 108 cm³/mol. The third-order valence-electron chi connectivity index (χ3n) is 4.66. The van der Waals surface area contributed by atoms with Gasteiger partial charge in [0.2, 0.25) is 0 Å². The van der Waals surface area contributed by atoms with Crippen molar-refractivity contribution in [2.45, 2.75) is 50.8 Å². The van der Waals surface area contributed by atoms with Crippen LogP contribution in [0.3, 0.4) is 0 Å². The summed E-state index contributed by atoms with van der Waals surface area (Å²) in [6.07, 6.45) is 0.986. The Bertz CT molecular complexity index is 805. The molecule has 0 bridgehead atoms. The van der Waals surface area contributed by atoms with E-state index in [0.29, 0.717) is 5.25 Å². The molecule has 25 heavy (non-hydrogen) atoms. The average Bonchev–Trinajstić information content (AvgIpc) is 2.59. The molecule has 0 fully saturated rings. The third kappa shape index (κ3) is 3.77. The fraction of sp³-hybridized carbons (Fsp3) is 0.381. The minimum Gasteiger partial charge on any atom is -0.378 e. The standard InChI is InChI=1S/C21H25N3S/c1-14(2)25-24-18-8-6-5-7-16(18)20-12-21(3,4)17-11-15(13-22)9-10-19(17)23-20/h5-11,14,20,23-24H,12H2,1-4H3. The number of fused-ring (bicyclic) bond motifs is 1. The zero-order valence-corrected chi connectivity index (χ0v) is 16.1. The molecule has 4 heteroatoms. The Labute approximate surface area is 155 Å². The lowest BCUT2D eigenvalue weighted by molar-refractivity contribution is 0.428. The Kier molecular flexibility index (Phi) is 4.96. The summed E-state index contributed by atoms with van der Waals surface area (Å²) in [6.45, 7) is 8.90. The molecule has 3 rings (SSSR count). The topological polar surface area (TPSA) is 47.9 Å². The van der Waals surface area contributed by atoms with Crippen LogP contribution in [0.1, 0.15) is 56.8 Å². The zero-order valence-electron chi connectivity index (χ0n) is 15.3. The quantitative estimate of drug-likeness (QED) is 0.677. The smallest absolute Gasteiger partial charge is 0.0991 e. The van der Waals surface area contributed by atoms with Gasteiger partial charge in [-0.1, -0.05) is 45.9 Å². The van der Waals surface area contributed by atoms with Crippen molar-refractivity contribution in [3.63, 3.8) is 0 Å². The first-order valence-corrected chi connectivity index (χ1v) is 9.60. The Morgan fingerprint density at radius 2 is 2.00 bits per heavy atom. The van der Waals surface area contributed by atoms with Crippen LogP contribution in [-0.4, -0.2) is 5.25 Å². The number of hydrogen-bond donors (Lipinski definition) is 2. The van der Waals surface area contributed by atoms with E-state index in [-0.39, 0.29) is 11.5 Å². The maximum absolute atomic E-state index is 9.20. The predicted octanol–water partition coefficient (Wildman–Crippen LogP) is 5.86. The van der Waals surface area contributed by atoms with E-state index in [1.165, 1.54) is 16.8 Å². The molecular formula is C21H25N3S. The number of hydrogen-bond acceptors (Lipinski definition) is 4. The molecule has 1 aliphatic rings. The zero-order chi connectivity index (χ0) is 18.0. The number of nitriles is 1. The first kappa shape index (κ1) is 17.7. The number of rotatable bonds is 4. The Morgan fingerprint density at radius 1 is 1.24 bits per heavy atom. The molecule has 0 radical (unpaired) electrons. The van der Waals surface area contributed by atoms with E-state index in [4.69, 9.17) is 0 Å². The molecule has 130 valence electrons. The Morgan fingerprint density at radius 3 is 2.72 bits per heavy atom. The summed E-state index contributed by atoms with van der Waals surface area (Å²) in [5.41, 5.74) is 5.56. The number of para-hydroxylation sites is 1. The second-order valence-electron chi connectivity index (χ2n) is 7.51. The lowest BCUT2D eigenvalue weighted by atomic mass is 9.73. The summed E-state index contributed by atoms with van der Waals surface area (Å²) in [6, 6.07) is 17.0. The molecule has 0 saturated carbocycles. The maximum Gasteiger partial charge on any atom is 0.0991 e. The molecule has 0 amide bonds. The normalized spacial score (nSPS) is 18.2. The number of anilines is 2. The van der Waals surface area contributed by atoms with E-state index in [1.54, 1.807) is 11.9 Å². The van der Waals surface area contributed by atoms with Crippen LogP contribution in [0.2, 0.25) is 0 Å². The van der Waals surface area contributed by atoms with E-state index in [1.807, 2.05) is 18.2 Å². The molecule has 0 aliphatic carbocycles. The highest BCUT2D eigenvalue weighted by Gasteiger charge is 2.34. The molecule has 2 N–H and O–H groups in total. The minimum atomic E-state index is 0.0103. The van der Waals surface area contributed by atoms with Crippen molar-refractivity contribution in [2.24, 2.45) is 0 Å². The third-order valence-corrected chi connectivity index (χ3v) is 5.47. The summed E-state index contributed by atoms with van der Waals surface area (Å²) in [5.74, 6) is 0. The lowest BCUT2D eigenvalue weighted by Crippen LogP contribution is -2.31. The van der Waals surface area contributed by atoms with Gasteiger partial charge in [0.25, 0.3) is 0 Å². The first-order valence-electron chi connectivity index (χ1n) is 8.72. The van der Waals surface area contributed by atoms with Crippen molar-refractivity contribution >= 4 is 23.3 Å². The summed E-state index contributed by atoms with van der Waals surface area (Å²) in [7, 11) is 0. The van der Waals surface area contributed by atoms with Gasteiger partial charge in [0, 0.05) is 16.6 Å². The van der Waals surface area contributed by atoms with E-state index in [9.17, 15) is 5.26 Å². The molecule has 2 aromatic rings. The van der Waals surface area contributed by atoms with Crippen molar-refractivity contribution < 1.29 is 0 Å². The monoisotopic (exact) mass is 351 g/mol. The van der Waals surface area contributed by atoms with E-state index in [0.717, 1.165) is 17.7 Å². The van der Waals surface area contributed by atoms with Crippen molar-refractivity contribution in [3.8, 4) is 6.07 Å². The van der Waals surface area contributed by atoms with E-state index < -0.39 is 0 Å². The van der Waals surface area contributed by atoms with Crippen molar-refractivity contribution in [3.05, 3.63) is 59.2 Å². The van der Waals surface area contributed by atoms with Crippen LogP contribution in [0.5, 0.6) is 0 Å². The van der Waals surface area contributed by atoms with Crippen LogP contribution in [0.25, 0.3) is 0 Å². The molecule has 1 atom stereocenters. The largest absolute Gasteiger partial charge is 0.378 e. The van der Waals surface area contributed by atoms with Crippen molar-refractivity contribution in [2.75, 3.05) is 10.0 Å². The van der Waals surface area contributed by atoms with Gasteiger partial charge in [-0.25, -0.2) is 0 Å². The average molecular weight is 352 g/mol. The van der Waals surface area contributed by atoms with E-state index >= 15 is 0 Å². The highest BCUT2D eigenvalue weighted by molar-refractivity contribution is 8.01. The second-order valence-corrected chi connectivity index (χ2v) is 8.90. The van der Waals surface area contributed by atoms with Gasteiger partial charge in [-0.2, -0.15) is 5.26 Å². The molecule has 0 spiro atoms. The summed E-state index contributed by atoms with van der Waals surface area (Å²) in [4.78, 5) is 0. The van der Waals surface area contributed by atoms with Gasteiger partial charge in [0.05, 0.1) is 17.7 Å². The van der Waals surface area contributed by atoms with Crippen LogP contribution >= 0.6 is 11.9 Å². The summed E-state index contributed by atoms with van der Waals surface area (Å²) >= 11 is 1.74. The van der Waals surface area contributed by atoms with Crippen LogP contribution < -0.4 is 10.0 Å². The highest BCUT2D eigenvalue weighted by atomic mass is 32.2. The number of nitrogens with zero attached hydrogens (tertiary/aromatic N) is 1. The number of nitrogens with one attached hydrogen (secondary N) is 2. The van der Waals surface area contributed by atoms with Crippen LogP contribution in [0.15, 0.2) is 42.5 Å². The van der Waals surface area contributed by atoms with Crippen molar-refractivity contribution in [1.29, 1.82) is 5.26 Å². The molecule has 0 aromatic heterocycles. The van der Waals surface area contributed by atoms with Gasteiger partial charge in [0.1, 0.15) is 0 Å². The fourth-order valence-electron chi connectivity index (χ4n) is 3.42. The molecule has 3 nitrogen and oxygen atoms in total. The first-order chi connectivity index (χ1) is 11.9. The Balaban J connectivity index is 1.94. The highest BCUT2D eigenvalue weighted by Crippen LogP contribution is 2.45. The minimum absolute atomic E-state index is 0.0103. The van der Waals surface area contributed by atoms with Gasteiger partial charge in [-0.3, -0.25) is 0 Å². The van der Waals surface area contributed by atoms with Gasteiger partial charge < -0.3 is 10.0 Å². The van der Waals surface area contributed by atoms with Gasteiger partial charge in [0.15, 0.2) is 0 Å². The summed E-state index contributed by atoms with van der Waals surface area (Å²) in [5, 5.41) is 13.4. The molecule has 0 saturated heterocycles. The molecule has 2 aromatic carbocycles. The van der Waals surface area contributed by atoms with Gasteiger partial charge in [-0.15, -0.1) is 0 Å².